The summed E-state index contributed by atoms with van der Waals surface area (Å²) in [6.07, 6.45) is 5.70. The Morgan fingerprint density at radius 1 is 1.00 bits per heavy atom. The summed E-state index contributed by atoms with van der Waals surface area (Å²) in [6, 6.07) is 6.53. The highest BCUT2D eigenvalue weighted by Crippen LogP contribution is 2.29. The summed E-state index contributed by atoms with van der Waals surface area (Å²) < 4.78 is 0. The highest BCUT2D eigenvalue weighted by Gasteiger charge is 2.24. The molecule has 7 heteroatoms. The van der Waals surface area contributed by atoms with Crippen molar-refractivity contribution in [2.75, 3.05) is 54.8 Å². The van der Waals surface area contributed by atoms with Crippen molar-refractivity contribution in [2.24, 2.45) is 5.92 Å². The number of anilines is 2. The van der Waals surface area contributed by atoms with Crippen LogP contribution in [0.2, 0.25) is 0 Å². The molecule has 0 N–H and O–H groups in total. The van der Waals surface area contributed by atoms with Crippen LogP contribution >= 0.6 is 11.8 Å². The van der Waals surface area contributed by atoms with Crippen molar-refractivity contribution in [2.45, 2.75) is 38.6 Å². The lowest BCUT2D eigenvalue weighted by atomic mass is 9.99. The molecule has 4 rings (SSSR count). The summed E-state index contributed by atoms with van der Waals surface area (Å²) in [5, 5.41) is 0.862. The van der Waals surface area contributed by atoms with Crippen molar-refractivity contribution < 1.29 is 4.79 Å². The molecule has 1 aromatic carbocycles. The monoisotopic (exact) mass is 439 g/mol. The Hall–Kier alpha value is -2.28. The Bertz CT molecular complexity index is 905. The molecule has 0 radical (unpaired) electrons. The zero-order valence-corrected chi connectivity index (χ0v) is 19.7. The summed E-state index contributed by atoms with van der Waals surface area (Å²) in [6.45, 7) is 12.1. The zero-order valence-electron chi connectivity index (χ0n) is 18.9. The van der Waals surface area contributed by atoms with E-state index in [0.29, 0.717) is 5.75 Å². The molecule has 31 heavy (non-hydrogen) atoms. The van der Waals surface area contributed by atoms with Gasteiger partial charge in [0, 0.05) is 57.3 Å². The van der Waals surface area contributed by atoms with Gasteiger partial charge in [-0.2, -0.15) is 0 Å². The fourth-order valence-corrected chi connectivity index (χ4v) is 5.24. The molecule has 6 nitrogen and oxygen atoms in total. The summed E-state index contributed by atoms with van der Waals surface area (Å²) in [5.74, 6) is 2.29. The molecule has 1 aromatic heterocycles. The Morgan fingerprint density at radius 2 is 1.68 bits per heavy atom. The van der Waals surface area contributed by atoms with Gasteiger partial charge in [0.1, 0.15) is 5.03 Å². The summed E-state index contributed by atoms with van der Waals surface area (Å²) >= 11 is 1.52. The molecule has 0 aliphatic carbocycles. The maximum Gasteiger partial charge on any atom is 0.232 e. The van der Waals surface area contributed by atoms with Crippen LogP contribution in [0.5, 0.6) is 0 Å². The van der Waals surface area contributed by atoms with Crippen molar-refractivity contribution in [1.29, 1.82) is 0 Å². The van der Waals surface area contributed by atoms with Crippen LogP contribution in [-0.2, 0) is 4.79 Å². The number of aryl methyl sites for hydroxylation is 1. The molecule has 166 valence electrons. The fraction of sp³-hybridized carbons (Fsp3) is 0.542. The normalized spacial score (nSPS) is 17.8. The van der Waals surface area contributed by atoms with Gasteiger partial charge in [0.05, 0.1) is 5.75 Å². The van der Waals surface area contributed by atoms with E-state index in [1.165, 1.54) is 28.6 Å². The van der Waals surface area contributed by atoms with Crippen molar-refractivity contribution in [1.82, 2.24) is 14.9 Å². The third-order valence-electron chi connectivity index (χ3n) is 6.61. The number of thioether (sulfide) groups is 1. The van der Waals surface area contributed by atoms with Crippen LogP contribution in [0.1, 0.15) is 30.9 Å². The zero-order chi connectivity index (χ0) is 21.8. The number of carbonyl (C=O) groups excluding carboxylic acids is 1. The van der Waals surface area contributed by atoms with E-state index in [4.69, 9.17) is 0 Å². The van der Waals surface area contributed by atoms with E-state index in [-0.39, 0.29) is 5.91 Å². The van der Waals surface area contributed by atoms with Gasteiger partial charge in [-0.15, -0.1) is 0 Å². The van der Waals surface area contributed by atoms with Gasteiger partial charge in [-0.3, -0.25) is 4.79 Å². The highest BCUT2D eigenvalue weighted by atomic mass is 32.2. The molecule has 0 saturated carbocycles. The minimum absolute atomic E-state index is 0.216. The van der Waals surface area contributed by atoms with E-state index < -0.39 is 0 Å². The average molecular weight is 440 g/mol. The first-order valence-corrected chi connectivity index (χ1v) is 12.3. The smallest absolute Gasteiger partial charge is 0.232 e. The number of piperazine rings is 1. The number of nitrogens with zero attached hydrogens (tertiary/aromatic N) is 5. The van der Waals surface area contributed by atoms with Crippen LogP contribution in [0.25, 0.3) is 0 Å². The van der Waals surface area contributed by atoms with E-state index in [9.17, 15) is 4.79 Å². The van der Waals surface area contributed by atoms with Crippen LogP contribution in [0.15, 0.2) is 35.6 Å². The fourth-order valence-electron chi connectivity index (χ4n) is 4.35. The second-order valence-corrected chi connectivity index (χ2v) is 9.69. The summed E-state index contributed by atoms with van der Waals surface area (Å²) in [7, 11) is 0. The van der Waals surface area contributed by atoms with Crippen LogP contribution in [0.4, 0.5) is 11.5 Å². The van der Waals surface area contributed by atoms with Crippen LogP contribution in [0.3, 0.4) is 0 Å². The molecule has 0 bridgehead atoms. The second kappa shape index (κ2) is 9.90. The van der Waals surface area contributed by atoms with Gasteiger partial charge in [-0.25, -0.2) is 9.97 Å². The van der Waals surface area contributed by atoms with E-state index in [1.54, 1.807) is 12.4 Å². The van der Waals surface area contributed by atoms with Crippen LogP contribution in [0, 0.1) is 19.8 Å². The third-order valence-corrected chi connectivity index (χ3v) is 7.56. The number of hydrogen-bond donors (Lipinski definition) is 0. The highest BCUT2D eigenvalue weighted by molar-refractivity contribution is 8.00. The van der Waals surface area contributed by atoms with Gasteiger partial charge in [-0.1, -0.05) is 30.8 Å². The number of carbonyl (C=O) groups is 1. The van der Waals surface area contributed by atoms with Crippen molar-refractivity contribution >= 4 is 29.2 Å². The largest absolute Gasteiger partial charge is 0.368 e. The van der Waals surface area contributed by atoms with Gasteiger partial charge in [0.2, 0.25) is 5.91 Å². The first-order chi connectivity index (χ1) is 15.0. The van der Waals surface area contributed by atoms with Gasteiger partial charge in [-0.05, 0) is 49.8 Å². The molecule has 2 aliphatic rings. The Morgan fingerprint density at radius 3 is 2.42 bits per heavy atom. The number of benzene rings is 1. The number of hydrogen-bond acceptors (Lipinski definition) is 6. The predicted molar refractivity (Wildman–Crippen MR) is 128 cm³/mol. The van der Waals surface area contributed by atoms with Crippen molar-refractivity contribution in [3.8, 4) is 0 Å². The molecule has 1 amide bonds. The minimum atomic E-state index is 0.216. The molecule has 2 aromatic rings. The number of piperidine rings is 1. The lowest BCUT2D eigenvalue weighted by Gasteiger charge is -2.38. The van der Waals surface area contributed by atoms with Crippen LogP contribution < -0.4 is 9.80 Å². The molecule has 0 unspecified atom stereocenters. The molecule has 0 atom stereocenters. The molecule has 3 heterocycles. The van der Waals surface area contributed by atoms with Gasteiger partial charge < -0.3 is 14.7 Å². The number of aromatic nitrogens is 2. The maximum absolute atomic E-state index is 12.7. The number of amides is 1. The first-order valence-electron chi connectivity index (χ1n) is 11.3. The predicted octanol–water partition coefficient (Wildman–Crippen LogP) is 3.77. The topological polar surface area (TPSA) is 52.6 Å². The van der Waals surface area contributed by atoms with Crippen molar-refractivity contribution in [3.05, 3.63) is 41.7 Å². The van der Waals surface area contributed by atoms with E-state index >= 15 is 0 Å². The van der Waals surface area contributed by atoms with Gasteiger partial charge >= 0.3 is 0 Å². The Kier molecular flexibility index (Phi) is 7.00. The first kappa shape index (κ1) is 21.9. The molecular weight excluding hydrogens is 406 g/mol. The van der Waals surface area contributed by atoms with Crippen LogP contribution in [-0.4, -0.2) is 65.8 Å². The summed E-state index contributed by atoms with van der Waals surface area (Å²) in [4.78, 5) is 28.6. The lowest BCUT2D eigenvalue weighted by molar-refractivity contribution is -0.129. The Labute approximate surface area is 190 Å². The van der Waals surface area contributed by atoms with E-state index in [1.807, 2.05) is 4.90 Å². The molecule has 2 saturated heterocycles. The van der Waals surface area contributed by atoms with Gasteiger partial charge in [0.25, 0.3) is 0 Å². The standard InChI is InChI=1S/C24H33N5OS/c1-18-7-11-28(12-8-18)22(30)17-31-24-23(25-9-10-26-24)29-15-13-27(14-16-29)21-6-4-5-19(2)20(21)3/h4-6,9-10,18H,7-8,11-17H2,1-3H3. The number of rotatable bonds is 5. The van der Waals surface area contributed by atoms with E-state index in [2.05, 4.69) is 58.7 Å². The quantitative estimate of drug-likeness (QED) is 0.661. The molecular formula is C24H33N5OS. The number of likely N-dealkylation sites (tertiary alicyclic amines) is 1. The molecule has 2 fully saturated rings. The van der Waals surface area contributed by atoms with Crippen molar-refractivity contribution in [3.63, 3.8) is 0 Å². The lowest BCUT2D eigenvalue weighted by Crippen LogP contribution is -2.47. The SMILES string of the molecule is Cc1cccc(N2CCN(c3nccnc3SCC(=O)N3CCC(C)CC3)CC2)c1C. The maximum atomic E-state index is 12.7. The third kappa shape index (κ3) is 5.14. The van der Waals surface area contributed by atoms with Gasteiger partial charge in [0.15, 0.2) is 5.82 Å². The molecule has 2 aliphatic heterocycles. The minimum Gasteiger partial charge on any atom is -0.368 e. The second-order valence-electron chi connectivity index (χ2n) is 8.73. The van der Waals surface area contributed by atoms with E-state index in [0.717, 1.165) is 68.9 Å². The Balaban J connectivity index is 1.37. The molecule has 0 spiro atoms. The average Bonchev–Trinajstić information content (AvgIpc) is 2.80. The summed E-state index contributed by atoms with van der Waals surface area (Å²) in [5.41, 5.74) is 4.02.